The minimum absolute atomic E-state index is 0.0448. The van der Waals surface area contributed by atoms with Crippen LogP contribution in [-0.4, -0.2) is 13.4 Å². The van der Waals surface area contributed by atoms with Crippen molar-refractivity contribution in [2.24, 2.45) is 0 Å². The highest BCUT2D eigenvalue weighted by atomic mass is 35.5. The van der Waals surface area contributed by atoms with Crippen molar-refractivity contribution < 1.29 is 8.42 Å². The molecule has 0 aliphatic heterocycles. The molecule has 1 N–H and O–H groups in total. The van der Waals surface area contributed by atoms with Gasteiger partial charge in [0, 0.05) is 6.20 Å². The summed E-state index contributed by atoms with van der Waals surface area (Å²) < 4.78 is 26.7. The first kappa shape index (κ1) is 14.6. The van der Waals surface area contributed by atoms with Crippen molar-refractivity contribution in [3.05, 3.63) is 52.3 Å². The van der Waals surface area contributed by atoms with Crippen LogP contribution >= 0.6 is 23.2 Å². The van der Waals surface area contributed by atoms with Crippen molar-refractivity contribution in [2.45, 2.75) is 4.90 Å². The minimum atomic E-state index is -3.91. The number of nitrogens with zero attached hydrogens (tertiary/aromatic N) is 2. The lowest BCUT2D eigenvalue weighted by Crippen LogP contribution is -2.14. The molecule has 0 unspecified atom stereocenters. The van der Waals surface area contributed by atoms with E-state index in [0.717, 1.165) is 0 Å². The quantitative estimate of drug-likeness (QED) is 0.939. The number of hydrogen-bond acceptors (Lipinski definition) is 4. The van der Waals surface area contributed by atoms with Gasteiger partial charge in [-0.3, -0.25) is 9.71 Å². The molecular weight excluding hydrogens is 321 g/mol. The predicted molar refractivity (Wildman–Crippen MR) is 76.2 cm³/mol. The molecule has 0 saturated heterocycles. The van der Waals surface area contributed by atoms with Gasteiger partial charge in [0.05, 0.1) is 33.6 Å². The van der Waals surface area contributed by atoms with Gasteiger partial charge in [0.1, 0.15) is 4.90 Å². The number of hydrogen-bond donors (Lipinski definition) is 1. The Kier molecular flexibility index (Phi) is 4.14. The van der Waals surface area contributed by atoms with Gasteiger partial charge >= 0.3 is 0 Å². The van der Waals surface area contributed by atoms with Gasteiger partial charge in [0.25, 0.3) is 10.0 Å². The third-order valence-corrected chi connectivity index (χ3v) is 4.54. The van der Waals surface area contributed by atoms with E-state index in [4.69, 9.17) is 28.5 Å². The summed E-state index contributed by atoms with van der Waals surface area (Å²) in [5.41, 5.74) is 0.419. The molecule has 0 radical (unpaired) electrons. The van der Waals surface area contributed by atoms with E-state index in [1.54, 1.807) is 0 Å². The van der Waals surface area contributed by atoms with Crippen LogP contribution < -0.4 is 4.72 Å². The molecule has 102 valence electrons. The Morgan fingerprint density at radius 2 is 1.95 bits per heavy atom. The first-order chi connectivity index (χ1) is 9.44. The maximum absolute atomic E-state index is 12.2. The fourth-order valence-electron chi connectivity index (χ4n) is 1.44. The van der Waals surface area contributed by atoms with E-state index in [9.17, 15) is 8.42 Å². The first-order valence-electron chi connectivity index (χ1n) is 5.26. The minimum Gasteiger partial charge on any atom is -0.276 e. The van der Waals surface area contributed by atoms with Crippen LogP contribution in [0.15, 0.2) is 41.6 Å². The second kappa shape index (κ2) is 5.67. The van der Waals surface area contributed by atoms with Gasteiger partial charge in [-0.05, 0) is 24.3 Å². The molecule has 0 spiro atoms. The lowest BCUT2D eigenvalue weighted by molar-refractivity contribution is 0.601. The van der Waals surface area contributed by atoms with Crippen molar-refractivity contribution in [3.63, 3.8) is 0 Å². The molecule has 2 aromatic rings. The second-order valence-electron chi connectivity index (χ2n) is 3.72. The molecule has 0 aliphatic carbocycles. The van der Waals surface area contributed by atoms with E-state index in [2.05, 4.69) is 9.71 Å². The Labute approximate surface area is 125 Å². The maximum Gasteiger partial charge on any atom is 0.263 e. The summed E-state index contributed by atoms with van der Waals surface area (Å²) in [6.45, 7) is 0. The molecule has 0 atom stereocenters. The molecule has 5 nitrogen and oxygen atoms in total. The van der Waals surface area contributed by atoms with Crippen LogP contribution in [-0.2, 0) is 10.0 Å². The first-order valence-corrected chi connectivity index (χ1v) is 7.50. The molecule has 0 fully saturated rings. The van der Waals surface area contributed by atoms with Crippen LogP contribution in [0, 0.1) is 11.3 Å². The van der Waals surface area contributed by atoms with E-state index in [1.165, 1.54) is 36.7 Å². The topological polar surface area (TPSA) is 82.8 Å². The highest BCUT2D eigenvalue weighted by molar-refractivity contribution is 7.92. The summed E-state index contributed by atoms with van der Waals surface area (Å²) in [5.74, 6) is 0. The molecule has 1 aromatic heterocycles. The van der Waals surface area contributed by atoms with Gasteiger partial charge in [-0.1, -0.05) is 23.2 Å². The van der Waals surface area contributed by atoms with E-state index < -0.39 is 10.0 Å². The molecular formula is C12H7Cl2N3O2S. The number of nitriles is 1. The summed E-state index contributed by atoms with van der Waals surface area (Å²) in [5, 5.41) is 8.90. The zero-order chi connectivity index (χ0) is 14.8. The molecule has 8 heteroatoms. The highest BCUT2D eigenvalue weighted by Gasteiger charge is 2.19. The number of halogens is 2. The summed E-state index contributed by atoms with van der Waals surface area (Å²) in [6.07, 6.45) is 2.73. The molecule has 1 heterocycles. The zero-order valence-corrected chi connectivity index (χ0v) is 12.2. The Balaban J connectivity index is 2.42. The maximum atomic E-state index is 12.2. The molecule has 0 amide bonds. The monoisotopic (exact) mass is 327 g/mol. The standard InChI is InChI=1S/C12H7Cl2N3O2S/c13-9-3-4-16-7-11(9)17-20(18,19)12-2-1-8(6-15)5-10(12)14/h1-5,7,17H. The zero-order valence-electron chi connectivity index (χ0n) is 9.84. The number of rotatable bonds is 3. The number of aromatic nitrogens is 1. The Morgan fingerprint density at radius 3 is 2.55 bits per heavy atom. The van der Waals surface area contributed by atoms with Crippen LogP contribution in [0.4, 0.5) is 5.69 Å². The van der Waals surface area contributed by atoms with Crippen LogP contribution in [0.3, 0.4) is 0 Å². The fourth-order valence-corrected chi connectivity index (χ4v) is 3.26. The molecule has 2 rings (SSSR count). The number of sulfonamides is 1. The average Bonchev–Trinajstić information content (AvgIpc) is 2.40. The SMILES string of the molecule is N#Cc1ccc(S(=O)(=O)Nc2cnccc2Cl)c(Cl)c1. The molecule has 20 heavy (non-hydrogen) atoms. The van der Waals surface area contributed by atoms with E-state index in [1.807, 2.05) is 6.07 Å². The van der Waals surface area contributed by atoms with Crippen molar-refractivity contribution >= 4 is 38.9 Å². The summed E-state index contributed by atoms with van der Waals surface area (Å²) in [6, 6.07) is 7.24. The van der Waals surface area contributed by atoms with Crippen LogP contribution in [0.25, 0.3) is 0 Å². The Morgan fingerprint density at radius 1 is 1.20 bits per heavy atom. The Bertz CT molecular complexity index is 801. The highest BCUT2D eigenvalue weighted by Crippen LogP contribution is 2.27. The number of anilines is 1. The lowest BCUT2D eigenvalue weighted by atomic mass is 10.2. The van der Waals surface area contributed by atoms with Gasteiger partial charge < -0.3 is 0 Å². The molecule has 0 aliphatic rings. The average molecular weight is 328 g/mol. The summed E-state index contributed by atoms with van der Waals surface area (Å²) in [7, 11) is -3.91. The third kappa shape index (κ3) is 3.02. The van der Waals surface area contributed by atoms with E-state index >= 15 is 0 Å². The van der Waals surface area contributed by atoms with Crippen molar-refractivity contribution in [1.82, 2.24) is 4.98 Å². The van der Waals surface area contributed by atoms with Crippen LogP contribution in [0.5, 0.6) is 0 Å². The van der Waals surface area contributed by atoms with Crippen molar-refractivity contribution in [2.75, 3.05) is 4.72 Å². The third-order valence-electron chi connectivity index (χ3n) is 2.36. The lowest BCUT2D eigenvalue weighted by Gasteiger charge is -2.10. The molecule has 1 aromatic carbocycles. The van der Waals surface area contributed by atoms with E-state index in [0.29, 0.717) is 0 Å². The molecule has 0 saturated carbocycles. The number of nitrogens with one attached hydrogen (secondary N) is 1. The number of pyridine rings is 1. The van der Waals surface area contributed by atoms with Crippen LogP contribution in [0.1, 0.15) is 5.56 Å². The van der Waals surface area contributed by atoms with Gasteiger partial charge in [-0.25, -0.2) is 8.42 Å². The smallest absolute Gasteiger partial charge is 0.263 e. The summed E-state index contributed by atoms with van der Waals surface area (Å²) >= 11 is 11.7. The van der Waals surface area contributed by atoms with Crippen molar-refractivity contribution in [3.8, 4) is 6.07 Å². The van der Waals surface area contributed by atoms with Crippen LogP contribution in [0.2, 0.25) is 10.0 Å². The molecule has 0 bridgehead atoms. The fraction of sp³-hybridized carbons (Fsp3) is 0. The van der Waals surface area contributed by atoms with Gasteiger partial charge in [0.15, 0.2) is 0 Å². The predicted octanol–water partition coefficient (Wildman–Crippen LogP) is 3.06. The van der Waals surface area contributed by atoms with Gasteiger partial charge in [0.2, 0.25) is 0 Å². The largest absolute Gasteiger partial charge is 0.276 e. The Hall–Kier alpha value is -1.81. The normalized spacial score (nSPS) is 10.8. The second-order valence-corrected chi connectivity index (χ2v) is 6.18. The van der Waals surface area contributed by atoms with Gasteiger partial charge in [-0.15, -0.1) is 0 Å². The van der Waals surface area contributed by atoms with Crippen molar-refractivity contribution in [1.29, 1.82) is 5.26 Å². The number of benzene rings is 1. The van der Waals surface area contributed by atoms with E-state index in [-0.39, 0.29) is 26.2 Å². The summed E-state index contributed by atoms with van der Waals surface area (Å²) in [4.78, 5) is 3.65. The van der Waals surface area contributed by atoms with Gasteiger partial charge in [-0.2, -0.15) is 5.26 Å².